The van der Waals surface area contributed by atoms with E-state index < -0.39 is 0 Å². The van der Waals surface area contributed by atoms with Crippen LogP contribution in [0.25, 0.3) is 5.57 Å². The number of aryl methyl sites for hydroxylation is 2. The van der Waals surface area contributed by atoms with Crippen LogP contribution in [-0.2, 0) is 4.74 Å². The van der Waals surface area contributed by atoms with E-state index in [2.05, 4.69) is 75.0 Å². The standard InChI is InChI=1S/C20H22O/c1-4-21-15-5-6-20(18-11-7-16(2)8-12-18)19-13-9-17(3)10-14-19/h4,6-14H,1,5,15H2,2-3H3. The van der Waals surface area contributed by atoms with Gasteiger partial charge in [0, 0.05) is 6.42 Å². The SMILES string of the molecule is C=COCCC=C(c1ccc(C)cc1)c1ccc(C)cc1. The molecule has 0 saturated carbocycles. The quantitative estimate of drug-likeness (QED) is 0.515. The Hall–Kier alpha value is -2.28. The van der Waals surface area contributed by atoms with E-state index in [1.165, 1.54) is 34.1 Å². The van der Waals surface area contributed by atoms with Crippen molar-refractivity contribution in [3.8, 4) is 0 Å². The minimum Gasteiger partial charge on any atom is -0.501 e. The summed E-state index contributed by atoms with van der Waals surface area (Å²) in [4.78, 5) is 0. The van der Waals surface area contributed by atoms with Gasteiger partial charge in [0.05, 0.1) is 12.9 Å². The van der Waals surface area contributed by atoms with Crippen LogP contribution in [0.1, 0.15) is 28.7 Å². The van der Waals surface area contributed by atoms with Gasteiger partial charge in [0.15, 0.2) is 0 Å². The largest absolute Gasteiger partial charge is 0.501 e. The van der Waals surface area contributed by atoms with Gasteiger partial charge in [-0.1, -0.05) is 72.3 Å². The summed E-state index contributed by atoms with van der Waals surface area (Å²) in [6.45, 7) is 8.44. The monoisotopic (exact) mass is 278 g/mol. The van der Waals surface area contributed by atoms with Crippen LogP contribution >= 0.6 is 0 Å². The summed E-state index contributed by atoms with van der Waals surface area (Å²) in [5.41, 5.74) is 6.28. The van der Waals surface area contributed by atoms with Gasteiger partial charge in [-0.3, -0.25) is 0 Å². The molecule has 0 saturated heterocycles. The van der Waals surface area contributed by atoms with Crippen LogP contribution in [0.15, 0.2) is 67.4 Å². The molecule has 1 heteroatoms. The third kappa shape index (κ3) is 4.35. The topological polar surface area (TPSA) is 9.23 Å². The van der Waals surface area contributed by atoms with Crippen LogP contribution in [0, 0.1) is 13.8 Å². The molecule has 0 spiro atoms. The molecular formula is C20H22O. The van der Waals surface area contributed by atoms with Gasteiger partial charge in [0.25, 0.3) is 0 Å². The van der Waals surface area contributed by atoms with Crippen molar-refractivity contribution in [1.82, 2.24) is 0 Å². The first-order chi connectivity index (χ1) is 10.2. The predicted molar refractivity (Wildman–Crippen MR) is 90.2 cm³/mol. The maximum Gasteiger partial charge on any atom is 0.0907 e. The van der Waals surface area contributed by atoms with E-state index in [1.807, 2.05) is 0 Å². The van der Waals surface area contributed by atoms with E-state index in [4.69, 9.17) is 4.74 Å². The molecule has 108 valence electrons. The molecule has 0 aromatic heterocycles. The Labute approximate surface area is 127 Å². The van der Waals surface area contributed by atoms with Crippen molar-refractivity contribution in [2.75, 3.05) is 6.61 Å². The summed E-state index contributed by atoms with van der Waals surface area (Å²) in [5, 5.41) is 0. The number of ether oxygens (including phenoxy) is 1. The summed E-state index contributed by atoms with van der Waals surface area (Å²) < 4.78 is 5.21. The molecule has 0 unspecified atom stereocenters. The van der Waals surface area contributed by atoms with Crippen molar-refractivity contribution >= 4 is 5.57 Å². The van der Waals surface area contributed by atoms with Gasteiger partial charge in [-0.2, -0.15) is 0 Å². The lowest BCUT2D eigenvalue weighted by atomic mass is 9.95. The van der Waals surface area contributed by atoms with E-state index in [9.17, 15) is 0 Å². The van der Waals surface area contributed by atoms with Crippen molar-refractivity contribution < 1.29 is 4.74 Å². The maximum atomic E-state index is 5.21. The molecule has 21 heavy (non-hydrogen) atoms. The van der Waals surface area contributed by atoms with E-state index in [0.29, 0.717) is 6.61 Å². The van der Waals surface area contributed by atoms with Gasteiger partial charge in [-0.15, -0.1) is 0 Å². The first-order valence-corrected chi connectivity index (χ1v) is 7.27. The minimum absolute atomic E-state index is 0.657. The highest BCUT2D eigenvalue weighted by atomic mass is 16.5. The summed E-state index contributed by atoms with van der Waals surface area (Å²) in [6, 6.07) is 17.3. The Morgan fingerprint density at radius 3 is 1.81 bits per heavy atom. The fraction of sp³-hybridized carbons (Fsp3) is 0.200. The molecule has 0 aliphatic rings. The highest BCUT2D eigenvalue weighted by Gasteiger charge is 2.04. The second kappa shape index (κ2) is 7.49. The average molecular weight is 278 g/mol. The van der Waals surface area contributed by atoms with Crippen LogP contribution in [0.2, 0.25) is 0 Å². The maximum absolute atomic E-state index is 5.21. The highest BCUT2D eigenvalue weighted by molar-refractivity contribution is 5.79. The summed E-state index contributed by atoms with van der Waals surface area (Å²) in [6.07, 6.45) is 4.59. The van der Waals surface area contributed by atoms with Crippen molar-refractivity contribution in [3.05, 3.63) is 89.7 Å². The van der Waals surface area contributed by atoms with Gasteiger partial charge in [-0.25, -0.2) is 0 Å². The highest BCUT2D eigenvalue weighted by Crippen LogP contribution is 2.24. The lowest BCUT2D eigenvalue weighted by Crippen LogP contribution is -1.91. The molecule has 0 aliphatic heterocycles. The minimum atomic E-state index is 0.657. The summed E-state index contributed by atoms with van der Waals surface area (Å²) in [7, 11) is 0. The first-order valence-electron chi connectivity index (χ1n) is 7.27. The molecule has 0 aliphatic carbocycles. The zero-order valence-electron chi connectivity index (χ0n) is 12.8. The van der Waals surface area contributed by atoms with Crippen LogP contribution in [-0.4, -0.2) is 6.61 Å². The van der Waals surface area contributed by atoms with Crippen LogP contribution in [0.5, 0.6) is 0 Å². The number of benzene rings is 2. The Kier molecular flexibility index (Phi) is 5.39. The van der Waals surface area contributed by atoms with E-state index in [0.717, 1.165) is 6.42 Å². The van der Waals surface area contributed by atoms with E-state index in [1.54, 1.807) is 0 Å². The van der Waals surface area contributed by atoms with Gasteiger partial charge >= 0.3 is 0 Å². The Balaban J connectivity index is 2.31. The summed E-state index contributed by atoms with van der Waals surface area (Å²) >= 11 is 0. The Morgan fingerprint density at radius 1 is 0.905 bits per heavy atom. The molecule has 0 heterocycles. The number of hydrogen-bond acceptors (Lipinski definition) is 1. The van der Waals surface area contributed by atoms with Crippen LogP contribution in [0.3, 0.4) is 0 Å². The lowest BCUT2D eigenvalue weighted by molar-refractivity contribution is 0.257. The molecule has 0 N–H and O–H groups in total. The zero-order chi connectivity index (χ0) is 15.1. The van der Waals surface area contributed by atoms with Gasteiger partial charge < -0.3 is 4.74 Å². The number of rotatable bonds is 6. The van der Waals surface area contributed by atoms with Crippen molar-refractivity contribution in [2.45, 2.75) is 20.3 Å². The van der Waals surface area contributed by atoms with Gasteiger partial charge in [0.1, 0.15) is 0 Å². The molecule has 1 nitrogen and oxygen atoms in total. The second-order valence-electron chi connectivity index (χ2n) is 5.18. The van der Waals surface area contributed by atoms with Crippen LogP contribution < -0.4 is 0 Å². The van der Waals surface area contributed by atoms with Crippen molar-refractivity contribution in [2.24, 2.45) is 0 Å². The smallest absolute Gasteiger partial charge is 0.0907 e. The molecule has 0 fully saturated rings. The number of hydrogen-bond donors (Lipinski definition) is 0. The third-order valence-electron chi connectivity index (χ3n) is 3.43. The molecule has 2 rings (SSSR count). The van der Waals surface area contributed by atoms with Crippen LogP contribution in [0.4, 0.5) is 0 Å². The molecule has 0 radical (unpaired) electrons. The Bertz CT molecular complexity index is 556. The molecule has 0 amide bonds. The van der Waals surface area contributed by atoms with Crippen molar-refractivity contribution in [3.63, 3.8) is 0 Å². The molecule has 2 aromatic carbocycles. The van der Waals surface area contributed by atoms with E-state index >= 15 is 0 Å². The second-order valence-corrected chi connectivity index (χ2v) is 5.18. The van der Waals surface area contributed by atoms with Crippen molar-refractivity contribution in [1.29, 1.82) is 0 Å². The molecule has 2 aromatic rings. The summed E-state index contributed by atoms with van der Waals surface area (Å²) in [5.74, 6) is 0. The first kappa shape index (κ1) is 15.1. The zero-order valence-corrected chi connectivity index (χ0v) is 12.8. The normalized spacial score (nSPS) is 10.0. The molecular weight excluding hydrogens is 256 g/mol. The van der Waals surface area contributed by atoms with Gasteiger partial charge in [-0.05, 0) is 30.5 Å². The fourth-order valence-electron chi connectivity index (χ4n) is 2.22. The van der Waals surface area contributed by atoms with Gasteiger partial charge in [0.2, 0.25) is 0 Å². The fourth-order valence-corrected chi connectivity index (χ4v) is 2.22. The van der Waals surface area contributed by atoms with E-state index in [-0.39, 0.29) is 0 Å². The average Bonchev–Trinajstić information content (AvgIpc) is 2.50. The molecule has 0 atom stereocenters. The molecule has 0 bridgehead atoms. The Morgan fingerprint density at radius 2 is 1.38 bits per heavy atom. The third-order valence-corrected chi connectivity index (χ3v) is 3.43. The lowest BCUT2D eigenvalue weighted by Gasteiger charge is -2.10. The predicted octanol–water partition coefficient (Wildman–Crippen LogP) is 5.29.